The van der Waals surface area contributed by atoms with E-state index >= 15 is 0 Å². The zero-order valence-corrected chi connectivity index (χ0v) is 11.9. The number of fused-ring (bicyclic) bond motifs is 1. The molecule has 12 heteroatoms. The molecule has 0 radical (unpaired) electrons. The molecule has 4 N–H and O–H groups in total. The van der Waals surface area contributed by atoms with E-state index in [1.165, 1.54) is 0 Å². The van der Waals surface area contributed by atoms with E-state index in [-0.39, 0.29) is 0 Å². The number of carboxylic acids is 4. The maximum atomic E-state index is 14.1. The molecular weight excluding hydrogens is 372 g/mol. The molecule has 0 fully saturated rings. The zero-order valence-electron chi connectivity index (χ0n) is 11.9. The first-order valence-electron chi connectivity index (χ1n) is 6.22. The highest BCUT2D eigenvalue weighted by molar-refractivity contribution is 6.23. The Morgan fingerprint density at radius 3 is 0.885 bits per heavy atom. The molecular formula is C14H4F4O8. The fraction of sp³-hybridized carbons (Fsp3) is 0. The number of hydrogen-bond donors (Lipinski definition) is 4. The number of rotatable bonds is 4. The Bertz CT molecular complexity index is 961. The Hall–Kier alpha value is -3.70. The van der Waals surface area contributed by atoms with E-state index in [0.717, 1.165) is 0 Å². The van der Waals surface area contributed by atoms with Gasteiger partial charge in [0.1, 0.15) is 0 Å². The van der Waals surface area contributed by atoms with Crippen molar-refractivity contribution in [3.05, 3.63) is 45.5 Å². The Morgan fingerprint density at radius 2 is 0.692 bits per heavy atom. The predicted octanol–water partition coefficient (Wildman–Crippen LogP) is 2.19. The molecule has 0 aliphatic rings. The Balaban J connectivity index is 3.50. The van der Waals surface area contributed by atoms with Crippen molar-refractivity contribution in [1.29, 1.82) is 0 Å². The summed E-state index contributed by atoms with van der Waals surface area (Å²) in [4.78, 5) is 45.3. The molecule has 0 amide bonds. The summed E-state index contributed by atoms with van der Waals surface area (Å²) in [7, 11) is 0. The molecule has 26 heavy (non-hydrogen) atoms. The van der Waals surface area contributed by atoms with Crippen molar-refractivity contribution in [2.75, 3.05) is 0 Å². The van der Waals surface area contributed by atoms with Gasteiger partial charge >= 0.3 is 23.9 Å². The van der Waals surface area contributed by atoms with Crippen LogP contribution in [0.5, 0.6) is 0 Å². The van der Waals surface area contributed by atoms with Gasteiger partial charge in [-0.2, -0.15) is 0 Å². The highest BCUT2D eigenvalue weighted by Gasteiger charge is 2.38. The summed E-state index contributed by atoms with van der Waals surface area (Å²) in [5.74, 6) is -19.2. The van der Waals surface area contributed by atoms with Crippen molar-refractivity contribution in [2.45, 2.75) is 0 Å². The quantitative estimate of drug-likeness (QED) is 0.360. The van der Waals surface area contributed by atoms with Gasteiger partial charge in [-0.15, -0.1) is 0 Å². The van der Waals surface area contributed by atoms with Gasteiger partial charge in [0, 0.05) is 10.8 Å². The normalized spacial score (nSPS) is 10.8. The third-order valence-corrected chi connectivity index (χ3v) is 3.37. The van der Waals surface area contributed by atoms with Gasteiger partial charge in [-0.25, -0.2) is 36.7 Å². The first-order chi connectivity index (χ1) is 11.9. The molecule has 0 aliphatic heterocycles. The highest BCUT2D eigenvalue weighted by Crippen LogP contribution is 2.37. The van der Waals surface area contributed by atoms with Gasteiger partial charge in [-0.05, 0) is 0 Å². The Kier molecular flexibility index (Phi) is 4.29. The zero-order chi connectivity index (χ0) is 20.1. The number of carbonyl (C=O) groups is 4. The van der Waals surface area contributed by atoms with E-state index in [9.17, 15) is 36.7 Å². The van der Waals surface area contributed by atoms with Crippen molar-refractivity contribution in [3.8, 4) is 0 Å². The van der Waals surface area contributed by atoms with E-state index in [1.807, 2.05) is 0 Å². The van der Waals surface area contributed by atoms with Crippen LogP contribution in [0.1, 0.15) is 41.4 Å². The monoisotopic (exact) mass is 376 g/mol. The summed E-state index contributed by atoms with van der Waals surface area (Å²) in [6, 6.07) is 0. The summed E-state index contributed by atoms with van der Waals surface area (Å²) < 4.78 is 55.2. The van der Waals surface area contributed by atoms with Crippen LogP contribution in [0.2, 0.25) is 0 Å². The maximum Gasteiger partial charge on any atom is 0.337 e. The number of benzene rings is 2. The van der Waals surface area contributed by atoms with Crippen LogP contribution in [-0.4, -0.2) is 44.3 Å². The second kappa shape index (κ2) is 5.98. The SMILES string of the molecule is O=C(O)c1c(C(=O)O)c(C(=O)O)c2c(F)c(F)c(F)c(F)c2c1C(=O)O. The lowest BCUT2D eigenvalue weighted by molar-refractivity contribution is 0.0621. The third-order valence-electron chi connectivity index (χ3n) is 3.37. The summed E-state index contributed by atoms with van der Waals surface area (Å²) in [6.45, 7) is 0. The van der Waals surface area contributed by atoms with Crippen LogP contribution in [0.4, 0.5) is 17.6 Å². The number of aromatic carboxylic acids is 4. The molecule has 0 heterocycles. The second-order valence-corrected chi connectivity index (χ2v) is 4.73. The molecule has 0 saturated carbocycles. The molecule has 0 aliphatic carbocycles. The van der Waals surface area contributed by atoms with Crippen LogP contribution in [0.15, 0.2) is 0 Å². The number of hydrogen-bond acceptors (Lipinski definition) is 4. The van der Waals surface area contributed by atoms with Gasteiger partial charge in [0.15, 0.2) is 23.3 Å². The molecule has 8 nitrogen and oxygen atoms in total. The summed E-state index contributed by atoms with van der Waals surface area (Å²) >= 11 is 0. The molecule has 0 unspecified atom stereocenters. The maximum absolute atomic E-state index is 14.1. The van der Waals surface area contributed by atoms with Crippen molar-refractivity contribution >= 4 is 34.6 Å². The van der Waals surface area contributed by atoms with Crippen LogP contribution < -0.4 is 0 Å². The molecule has 136 valence electrons. The van der Waals surface area contributed by atoms with Crippen molar-refractivity contribution < 1.29 is 57.2 Å². The Morgan fingerprint density at radius 1 is 0.462 bits per heavy atom. The van der Waals surface area contributed by atoms with Crippen molar-refractivity contribution in [1.82, 2.24) is 0 Å². The van der Waals surface area contributed by atoms with E-state index in [2.05, 4.69) is 0 Å². The van der Waals surface area contributed by atoms with Gasteiger partial charge in [-0.1, -0.05) is 0 Å². The molecule has 2 aromatic carbocycles. The van der Waals surface area contributed by atoms with E-state index in [4.69, 9.17) is 20.4 Å². The first-order valence-corrected chi connectivity index (χ1v) is 6.22. The minimum absolute atomic E-state index is 1.73. The predicted molar refractivity (Wildman–Crippen MR) is 71.6 cm³/mol. The van der Waals surface area contributed by atoms with Gasteiger partial charge in [0.05, 0.1) is 22.3 Å². The minimum Gasteiger partial charge on any atom is -0.478 e. The van der Waals surface area contributed by atoms with Gasteiger partial charge in [0.2, 0.25) is 0 Å². The smallest absolute Gasteiger partial charge is 0.337 e. The highest BCUT2D eigenvalue weighted by atomic mass is 19.2. The van der Waals surface area contributed by atoms with Crippen LogP contribution in [0.3, 0.4) is 0 Å². The van der Waals surface area contributed by atoms with Crippen LogP contribution in [0.25, 0.3) is 10.8 Å². The molecule has 2 rings (SSSR count). The molecule has 0 spiro atoms. The van der Waals surface area contributed by atoms with E-state index in [0.29, 0.717) is 0 Å². The minimum atomic E-state index is -2.53. The van der Waals surface area contributed by atoms with Gasteiger partial charge in [-0.3, -0.25) is 0 Å². The average Bonchev–Trinajstić information content (AvgIpc) is 2.54. The summed E-state index contributed by atoms with van der Waals surface area (Å²) in [5.41, 5.74) is -6.96. The average molecular weight is 376 g/mol. The fourth-order valence-corrected chi connectivity index (χ4v) is 2.46. The van der Waals surface area contributed by atoms with Gasteiger partial charge in [0.25, 0.3) is 0 Å². The van der Waals surface area contributed by atoms with Crippen LogP contribution >= 0.6 is 0 Å². The van der Waals surface area contributed by atoms with Crippen molar-refractivity contribution in [2.24, 2.45) is 0 Å². The first kappa shape index (κ1) is 18.6. The lowest BCUT2D eigenvalue weighted by atomic mass is 9.88. The lowest BCUT2D eigenvalue weighted by Crippen LogP contribution is -2.22. The van der Waals surface area contributed by atoms with Crippen molar-refractivity contribution in [3.63, 3.8) is 0 Å². The topological polar surface area (TPSA) is 149 Å². The number of carboxylic acid groups (broad SMARTS) is 4. The molecule has 0 saturated heterocycles. The van der Waals surface area contributed by atoms with Crippen LogP contribution in [-0.2, 0) is 0 Å². The third kappa shape index (κ3) is 2.39. The van der Waals surface area contributed by atoms with Crippen LogP contribution in [0, 0.1) is 23.3 Å². The standard InChI is InChI=1S/C14H4F4O8/c15-7-1-2(8(16)10(18)9(7)17)4(12(21)22)6(14(25)26)5(13(23)24)3(1)11(19)20/h(H,19,20)(H,21,22)(H,23,24)(H,25,26). The Labute approximate surface area is 138 Å². The largest absolute Gasteiger partial charge is 0.478 e. The molecule has 0 atom stereocenters. The molecule has 0 bridgehead atoms. The lowest BCUT2D eigenvalue weighted by Gasteiger charge is -2.16. The second-order valence-electron chi connectivity index (χ2n) is 4.73. The fourth-order valence-electron chi connectivity index (χ4n) is 2.46. The van der Waals surface area contributed by atoms with E-state index in [1.54, 1.807) is 0 Å². The summed E-state index contributed by atoms with van der Waals surface area (Å²) in [5, 5.41) is 33.0. The molecule has 2 aromatic rings. The van der Waals surface area contributed by atoms with Gasteiger partial charge < -0.3 is 20.4 Å². The summed E-state index contributed by atoms with van der Waals surface area (Å²) in [6.07, 6.45) is 0. The number of halogens is 4. The molecule has 0 aromatic heterocycles. The van der Waals surface area contributed by atoms with E-state index < -0.39 is 80.2 Å².